The van der Waals surface area contributed by atoms with Crippen molar-refractivity contribution < 1.29 is 9.47 Å². The molecule has 1 unspecified atom stereocenters. The molecule has 1 aliphatic heterocycles. The number of fused-ring (bicyclic) bond motifs is 1. The van der Waals surface area contributed by atoms with E-state index in [1.54, 1.807) is 20.3 Å². The third kappa shape index (κ3) is 3.78. The standard InChI is InChI=1S/C22H30N6O3/c1-6-22(2,3)28-20(24-25-26-28)19(27-9-7-8-10-27)15-11-14-12-17(30-4)18(31-5)13-16(14)23-21(15)29/h11-13,19H,6-10H2,1-5H3,(H,23,29). The van der Waals surface area contributed by atoms with Gasteiger partial charge in [-0.1, -0.05) is 6.92 Å². The smallest absolute Gasteiger partial charge is 0.253 e. The van der Waals surface area contributed by atoms with Crippen LogP contribution in [0.15, 0.2) is 23.0 Å². The molecule has 0 saturated carbocycles. The molecule has 0 spiro atoms. The normalized spacial score (nSPS) is 16.0. The fourth-order valence-corrected chi connectivity index (χ4v) is 4.20. The van der Waals surface area contributed by atoms with Gasteiger partial charge < -0.3 is 14.5 Å². The first-order valence-corrected chi connectivity index (χ1v) is 10.7. The monoisotopic (exact) mass is 426 g/mol. The van der Waals surface area contributed by atoms with Crippen LogP contribution in [0.5, 0.6) is 11.5 Å². The SMILES string of the molecule is CCC(C)(C)n1nnnc1C(c1cc2cc(OC)c(OC)cc2[nH]c1=O)N1CCCC1. The number of rotatable bonds is 7. The van der Waals surface area contributed by atoms with Crippen LogP contribution < -0.4 is 15.0 Å². The summed E-state index contributed by atoms with van der Waals surface area (Å²) < 4.78 is 12.7. The van der Waals surface area contributed by atoms with Gasteiger partial charge in [-0.05, 0) is 68.8 Å². The van der Waals surface area contributed by atoms with E-state index in [0.717, 1.165) is 37.7 Å². The van der Waals surface area contributed by atoms with Crippen molar-refractivity contribution in [2.75, 3.05) is 27.3 Å². The van der Waals surface area contributed by atoms with Gasteiger partial charge in [0.25, 0.3) is 5.56 Å². The lowest BCUT2D eigenvalue weighted by molar-refractivity contribution is 0.230. The number of hydrogen-bond donors (Lipinski definition) is 1. The molecule has 4 rings (SSSR count). The molecule has 0 amide bonds. The largest absolute Gasteiger partial charge is 0.493 e. The first-order chi connectivity index (χ1) is 14.9. The van der Waals surface area contributed by atoms with Gasteiger partial charge in [-0.2, -0.15) is 0 Å². The molecular weight excluding hydrogens is 396 g/mol. The Bertz CT molecular complexity index is 1130. The van der Waals surface area contributed by atoms with Crippen LogP contribution in [0.4, 0.5) is 0 Å². The summed E-state index contributed by atoms with van der Waals surface area (Å²) in [4.78, 5) is 18.6. The average molecular weight is 427 g/mol. The Hall–Kier alpha value is -2.94. The van der Waals surface area contributed by atoms with E-state index in [9.17, 15) is 4.79 Å². The van der Waals surface area contributed by atoms with E-state index < -0.39 is 0 Å². The second kappa shape index (κ2) is 8.30. The topological polar surface area (TPSA) is 98.2 Å². The molecule has 0 aliphatic carbocycles. The molecule has 1 N–H and O–H groups in total. The molecule has 1 saturated heterocycles. The van der Waals surface area contributed by atoms with Crippen LogP contribution in [0.2, 0.25) is 0 Å². The van der Waals surface area contributed by atoms with Gasteiger partial charge in [0.1, 0.15) is 6.04 Å². The Kier molecular flexibility index (Phi) is 5.70. The zero-order chi connectivity index (χ0) is 22.2. The lowest BCUT2D eigenvalue weighted by Gasteiger charge is -2.31. The Labute approximate surface area is 181 Å². The molecular formula is C22H30N6O3. The van der Waals surface area contributed by atoms with Crippen LogP contribution in [-0.4, -0.2) is 57.4 Å². The molecule has 1 fully saturated rings. The van der Waals surface area contributed by atoms with Crippen LogP contribution in [0.3, 0.4) is 0 Å². The molecule has 3 heterocycles. The second-order valence-corrected chi connectivity index (χ2v) is 8.61. The van der Waals surface area contributed by atoms with Crippen LogP contribution >= 0.6 is 0 Å². The number of likely N-dealkylation sites (tertiary alicyclic amines) is 1. The molecule has 9 nitrogen and oxygen atoms in total. The first kappa shape index (κ1) is 21.3. The molecule has 3 aromatic rings. The van der Waals surface area contributed by atoms with Crippen LogP contribution in [0, 0.1) is 0 Å². The number of hydrogen-bond acceptors (Lipinski definition) is 7. The van der Waals surface area contributed by atoms with Crippen molar-refractivity contribution >= 4 is 10.9 Å². The molecule has 0 radical (unpaired) electrons. The van der Waals surface area contributed by atoms with E-state index in [1.807, 2.05) is 16.8 Å². The van der Waals surface area contributed by atoms with Crippen LogP contribution in [0.25, 0.3) is 10.9 Å². The summed E-state index contributed by atoms with van der Waals surface area (Å²) in [5.41, 5.74) is 0.905. The Morgan fingerprint density at radius 2 is 1.81 bits per heavy atom. The maximum absolute atomic E-state index is 13.3. The number of tetrazole rings is 1. The highest BCUT2D eigenvalue weighted by atomic mass is 16.5. The number of aromatic amines is 1. The quantitative estimate of drug-likeness (QED) is 0.620. The summed E-state index contributed by atoms with van der Waals surface area (Å²) in [5, 5.41) is 13.5. The molecule has 2 aromatic heterocycles. The van der Waals surface area contributed by atoms with Crippen LogP contribution in [0.1, 0.15) is 57.5 Å². The minimum Gasteiger partial charge on any atom is -0.493 e. The van der Waals surface area contributed by atoms with Crippen molar-refractivity contribution in [3.05, 3.63) is 39.9 Å². The van der Waals surface area contributed by atoms with E-state index in [0.29, 0.717) is 28.4 Å². The minimum absolute atomic E-state index is 0.152. The third-order valence-corrected chi connectivity index (χ3v) is 6.35. The molecule has 31 heavy (non-hydrogen) atoms. The number of methoxy groups -OCH3 is 2. The maximum atomic E-state index is 13.3. The van der Waals surface area contributed by atoms with Gasteiger partial charge in [-0.3, -0.25) is 9.69 Å². The number of pyridine rings is 1. The van der Waals surface area contributed by atoms with Gasteiger partial charge in [0.2, 0.25) is 0 Å². The number of nitrogens with one attached hydrogen (secondary N) is 1. The van der Waals surface area contributed by atoms with Crippen molar-refractivity contribution in [3.8, 4) is 11.5 Å². The summed E-state index contributed by atoms with van der Waals surface area (Å²) in [6.45, 7) is 8.12. The number of H-pyrrole nitrogens is 1. The Morgan fingerprint density at radius 3 is 2.45 bits per heavy atom. The van der Waals surface area contributed by atoms with Crippen molar-refractivity contribution in [2.45, 2.75) is 51.6 Å². The molecule has 1 atom stereocenters. The highest BCUT2D eigenvalue weighted by Gasteiger charge is 2.35. The summed E-state index contributed by atoms with van der Waals surface area (Å²) >= 11 is 0. The van der Waals surface area contributed by atoms with E-state index in [4.69, 9.17) is 9.47 Å². The zero-order valence-electron chi connectivity index (χ0n) is 18.8. The van der Waals surface area contributed by atoms with Crippen LogP contribution in [-0.2, 0) is 5.54 Å². The number of aromatic nitrogens is 5. The van der Waals surface area contributed by atoms with Gasteiger partial charge in [-0.25, -0.2) is 4.68 Å². The number of ether oxygens (including phenoxy) is 2. The van der Waals surface area contributed by atoms with E-state index in [2.05, 4.69) is 46.2 Å². The predicted molar refractivity (Wildman–Crippen MR) is 118 cm³/mol. The Balaban J connectivity index is 1.91. The summed E-state index contributed by atoms with van der Waals surface area (Å²) in [6.07, 6.45) is 3.04. The predicted octanol–water partition coefficient (Wildman–Crippen LogP) is 2.86. The maximum Gasteiger partial charge on any atom is 0.253 e. The van der Waals surface area contributed by atoms with Gasteiger partial charge in [0.15, 0.2) is 17.3 Å². The lowest BCUT2D eigenvalue weighted by atomic mass is 9.99. The van der Waals surface area contributed by atoms with Crippen molar-refractivity contribution in [1.82, 2.24) is 30.1 Å². The number of benzene rings is 1. The van der Waals surface area contributed by atoms with E-state index >= 15 is 0 Å². The van der Waals surface area contributed by atoms with Crippen molar-refractivity contribution in [3.63, 3.8) is 0 Å². The highest BCUT2D eigenvalue weighted by Crippen LogP contribution is 2.35. The van der Waals surface area contributed by atoms with Gasteiger partial charge in [0.05, 0.1) is 25.3 Å². The fraction of sp³-hybridized carbons (Fsp3) is 0.545. The highest BCUT2D eigenvalue weighted by molar-refractivity contribution is 5.83. The van der Waals surface area contributed by atoms with E-state index in [-0.39, 0.29) is 17.1 Å². The summed E-state index contributed by atoms with van der Waals surface area (Å²) in [5.74, 6) is 1.88. The zero-order valence-corrected chi connectivity index (χ0v) is 18.8. The lowest BCUT2D eigenvalue weighted by Crippen LogP contribution is -2.37. The van der Waals surface area contributed by atoms with Gasteiger partial charge in [0, 0.05) is 17.0 Å². The minimum atomic E-state index is -0.329. The molecule has 0 bridgehead atoms. The summed E-state index contributed by atoms with van der Waals surface area (Å²) in [7, 11) is 3.18. The average Bonchev–Trinajstić information content (AvgIpc) is 3.46. The molecule has 1 aliphatic rings. The molecule has 9 heteroatoms. The second-order valence-electron chi connectivity index (χ2n) is 8.61. The summed E-state index contributed by atoms with van der Waals surface area (Å²) in [6, 6.07) is 5.27. The first-order valence-electron chi connectivity index (χ1n) is 10.7. The van der Waals surface area contributed by atoms with Gasteiger partial charge in [-0.15, -0.1) is 5.10 Å². The Morgan fingerprint density at radius 1 is 1.13 bits per heavy atom. The van der Waals surface area contributed by atoms with Crippen molar-refractivity contribution in [2.24, 2.45) is 0 Å². The molecule has 1 aromatic carbocycles. The van der Waals surface area contributed by atoms with E-state index in [1.165, 1.54) is 0 Å². The molecule has 166 valence electrons. The number of nitrogens with zero attached hydrogens (tertiary/aromatic N) is 5. The van der Waals surface area contributed by atoms with Gasteiger partial charge >= 0.3 is 0 Å². The third-order valence-electron chi connectivity index (χ3n) is 6.35. The van der Waals surface area contributed by atoms with Crippen molar-refractivity contribution in [1.29, 1.82) is 0 Å². The fourth-order valence-electron chi connectivity index (χ4n) is 4.20.